The number of benzene rings is 1. The Hall–Kier alpha value is -1.68. The zero-order valence-electron chi connectivity index (χ0n) is 12.9. The molecule has 2 unspecified atom stereocenters. The van der Waals surface area contributed by atoms with Gasteiger partial charge in [-0.1, -0.05) is 31.2 Å². The molecule has 0 saturated heterocycles. The lowest BCUT2D eigenvalue weighted by molar-refractivity contribution is 0.316. The lowest BCUT2D eigenvalue weighted by Gasteiger charge is -2.32. The average molecular weight is 284 g/mol. The minimum Gasteiger partial charge on any atom is -0.314 e. The number of hydrogen-bond donors (Lipinski definition) is 1. The van der Waals surface area contributed by atoms with Crippen LogP contribution in [0.1, 0.15) is 30.3 Å². The van der Waals surface area contributed by atoms with Gasteiger partial charge >= 0.3 is 0 Å². The Morgan fingerprint density at radius 3 is 2.86 bits per heavy atom. The van der Waals surface area contributed by atoms with Crippen molar-refractivity contribution < 1.29 is 0 Å². The van der Waals surface area contributed by atoms with E-state index in [9.17, 15) is 0 Å². The van der Waals surface area contributed by atoms with Gasteiger partial charge in [-0.3, -0.25) is 4.68 Å². The Labute approximate surface area is 126 Å². The standard InChI is InChI=1S/C17H24N4/c1-3-18-16(11-17-19-12-20-21(17)2)15-9-8-13-6-4-5-7-14(13)10-15/h4-7,12,15-16,18H,3,8-11H2,1-2H3. The van der Waals surface area contributed by atoms with Crippen LogP contribution in [0.25, 0.3) is 0 Å². The van der Waals surface area contributed by atoms with Crippen molar-refractivity contribution in [2.45, 2.75) is 38.6 Å². The summed E-state index contributed by atoms with van der Waals surface area (Å²) in [5.41, 5.74) is 3.05. The molecule has 21 heavy (non-hydrogen) atoms. The lowest BCUT2D eigenvalue weighted by Crippen LogP contribution is -2.41. The predicted molar refractivity (Wildman–Crippen MR) is 84.1 cm³/mol. The third-order valence-electron chi connectivity index (χ3n) is 4.63. The van der Waals surface area contributed by atoms with Crippen molar-refractivity contribution in [1.29, 1.82) is 0 Å². The Morgan fingerprint density at radius 1 is 1.33 bits per heavy atom. The molecule has 4 heteroatoms. The van der Waals surface area contributed by atoms with Crippen LogP contribution in [0, 0.1) is 5.92 Å². The average Bonchev–Trinajstić information content (AvgIpc) is 2.91. The van der Waals surface area contributed by atoms with Gasteiger partial charge in [0.25, 0.3) is 0 Å². The van der Waals surface area contributed by atoms with Gasteiger partial charge in [0.2, 0.25) is 0 Å². The minimum absolute atomic E-state index is 0.478. The number of fused-ring (bicyclic) bond motifs is 1. The normalized spacial score (nSPS) is 19.2. The van der Waals surface area contributed by atoms with E-state index in [0.717, 1.165) is 18.8 Å². The van der Waals surface area contributed by atoms with Crippen LogP contribution in [0.2, 0.25) is 0 Å². The predicted octanol–water partition coefficient (Wildman–Crippen LogP) is 2.14. The molecule has 4 nitrogen and oxygen atoms in total. The van der Waals surface area contributed by atoms with E-state index in [-0.39, 0.29) is 0 Å². The van der Waals surface area contributed by atoms with Crippen molar-refractivity contribution in [2.24, 2.45) is 13.0 Å². The maximum absolute atomic E-state index is 4.39. The Bertz CT molecular complexity index is 590. The first kappa shape index (κ1) is 14.3. The fourth-order valence-corrected chi connectivity index (χ4v) is 3.44. The first-order valence-corrected chi connectivity index (χ1v) is 7.91. The SMILES string of the molecule is CCNC(Cc1ncnn1C)C1CCc2ccccc2C1. The highest BCUT2D eigenvalue weighted by Crippen LogP contribution is 2.28. The summed E-state index contributed by atoms with van der Waals surface area (Å²) in [7, 11) is 1.97. The summed E-state index contributed by atoms with van der Waals surface area (Å²) in [5.74, 6) is 1.75. The molecule has 2 atom stereocenters. The van der Waals surface area contributed by atoms with E-state index >= 15 is 0 Å². The number of aryl methyl sites for hydroxylation is 2. The fourth-order valence-electron chi connectivity index (χ4n) is 3.44. The van der Waals surface area contributed by atoms with Crippen molar-refractivity contribution in [3.63, 3.8) is 0 Å². The van der Waals surface area contributed by atoms with Gasteiger partial charge in [-0.05, 0) is 42.9 Å². The summed E-state index contributed by atoms with van der Waals surface area (Å²) >= 11 is 0. The molecule has 0 fully saturated rings. The summed E-state index contributed by atoms with van der Waals surface area (Å²) in [5, 5.41) is 7.86. The number of aromatic nitrogens is 3. The second-order valence-corrected chi connectivity index (χ2v) is 5.94. The van der Waals surface area contributed by atoms with Gasteiger partial charge in [0.15, 0.2) is 0 Å². The van der Waals surface area contributed by atoms with E-state index in [4.69, 9.17) is 0 Å². The minimum atomic E-state index is 0.478. The molecule has 1 aromatic carbocycles. The van der Waals surface area contributed by atoms with Crippen LogP contribution in [0.15, 0.2) is 30.6 Å². The number of likely N-dealkylation sites (N-methyl/N-ethyl adjacent to an activating group) is 1. The van der Waals surface area contributed by atoms with Crippen LogP contribution < -0.4 is 5.32 Å². The van der Waals surface area contributed by atoms with Crippen LogP contribution in [0.3, 0.4) is 0 Å². The lowest BCUT2D eigenvalue weighted by atomic mass is 9.79. The summed E-state index contributed by atoms with van der Waals surface area (Å²) in [4.78, 5) is 4.39. The van der Waals surface area contributed by atoms with Gasteiger partial charge in [0.1, 0.15) is 12.2 Å². The molecule has 1 aliphatic carbocycles. The largest absolute Gasteiger partial charge is 0.314 e. The maximum Gasteiger partial charge on any atom is 0.138 e. The Kier molecular flexibility index (Phi) is 4.34. The second-order valence-electron chi connectivity index (χ2n) is 5.94. The van der Waals surface area contributed by atoms with Crippen LogP contribution in [0.4, 0.5) is 0 Å². The third-order valence-corrected chi connectivity index (χ3v) is 4.63. The van der Waals surface area contributed by atoms with Crippen LogP contribution in [-0.2, 0) is 26.3 Å². The van der Waals surface area contributed by atoms with Crippen LogP contribution >= 0.6 is 0 Å². The molecular formula is C17H24N4. The monoisotopic (exact) mass is 284 g/mol. The molecule has 1 N–H and O–H groups in total. The molecule has 3 rings (SSSR count). The summed E-state index contributed by atoms with van der Waals surface area (Å²) in [6.45, 7) is 3.18. The molecule has 0 spiro atoms. The van der Waals surface area contributed by atoms with Crippen molar-refractivity contribution >= 4 is 0 Å². The molecule has 0 bridgehead atoms. The molecule has 2 aromatic rings. The number of hydrogen-bond acceptors (Lipinski definition) is 3. The second kappa shape index (κ2) is 6.39. The van der Waals surface area contributed by atoms with Gasteiger partial charge in [-0.25, -0.2) is 4.98 Å². The highest BCUT2D eigenvalue weighted by Gasteiger charge is 2.26. The summed E-state index contributed by atoms with van der Waals surface area (Å²) < 4.78 is 1.89. The van der Waals surface area contributed by atoms with E-state index < -0.39 is 0 Å². The zero-order chi connectivity index (χ0) is 14.7. The molecule has 0 aliphatic heterocycles. The fraction of sp³-hybridized carbons (Fsp3) is 0.529. The summed E-state index contributed by atoms with van der Waals surface area (Å²) in [6.07, 6.45) is 6.23. The molecular weight excluding hydrogens is 260 g/mol. The van der Waals surface area contributed by atoms with Gasteiger partial charge in [0.05, 0.1) is 0 Å². The smallest absolute Gasteiger partial charge is 0.138 e. The quantitative estimate of drug-likeness (QED) is 0.915. The van der Waals surface area contributed by atoms with Gasteiger partial charge in [-0.2, -0.15) is 5.10 Å². The van der Waals surface area contributed by atoms with E-state index in [1.807, 2.05) is 11.7 Å². The third kappa shape index (κ3) is 3.16. The van der Waals surface area contributed by atoms with Crippen LogP contribution in [0.5, 0.6) is 0 Å². The molecule has 0 saturated carbocycles. The first-order valence-electron chi connectivity index (χ1n) is 7.91. The van der Waals surface area contributed by atoms with Crippen molar-refractivity contribution in [3.05, 3.63) is 47.5 Å². The van der Waals surface area contributed by atoms with E-state index in [1.54, 1.807) is 6.33 Å². The van der Waals surface area contributed by atoms with Gasteiger partial charge in [0, 0.05) is 19.5 Å². The van der Waals surface area contributed by atoms with Crippen LogP contribution in [-0.4, -0.2) is 27.4 Å². The topological polar surface area (TPSA) is 42.7 Å². The van der Waals surface area contributed by atoms with Crippen molar-refractivity contribution in [1.82, 2.24) is 20.1 Å². The van der Waals surface area contributed by atoms with E-state index in [0.29, 0.717) is 12.0 Å². The summed E-state index contributed by atoms with van der Waals surface area (Å²) in [6, 6.07) is 9.35. The molecule has 1 heterocycles. The Balaban J connectivity index is 1.74. The maximum atomic E-state index is 4.39. The highest BCUT2D eigenvalue weighted by molar-refractivity contribution is 5.30. The Morgan fingerprint density at radius 2 is 2.14 bits per heavy atom. The van der Waals surface area contributed by atoms with E-state index in [2.05, 4.69) is 46.6 Å². The van der Waals surface area contributed by atoms with Crippen molar-refractivity contribution in [2.75, 3.05) is 6.54 Å². The van der Waals surface area contributed by atoms with Gasteiger partial charge in [-0.15, -0.1) is 0 Å². The number of nitrogens with zero attached hydrogens (tertiary/aromatic N) is 3. The van der Waals surface area contributed by atoms with E-state index in [1.165, 1.54) is 30.4 Å². The van der Waals surface area contributed by atoms with Gasteiger partial charge < -0.3 is 5.32 Å². The highest BCUT2D eigenvalue weighted by atomic mass is 15.3. The molecule has 1 aromatic heterocycles. The molecule has 0 radical (unpaired) electrons. The van der Waals surface area contributed by atoms with Crippen molar-refractivity contribution in [3.8, 4) is 0 Å². The molecule has 0 amide bonds. The number of nitrogens with one attached hydrogen (secondary N) is 1. The zero-order valence-corrected chi connectivity index (χ0v) is 12.9. The number of rotatable bonds is 5. The molecule has 112 valence electrons. The first-order chi connectivity index (χ1) is 10.3. The molecule has 1 aliphatic rings.